The zero-order valence-electron chi connectivity index (χ0n) is 8.36. The van der Waals surface area contributed by atoms with Gasteiger partial charge in [-0.2, -0.15) is 0 Å². The van der Waals surface area contributed by atoms with Crippen LogP contribution in [0, 0.1) is 12.3 Å². The Kier molecular flexibility index (Phi) is 4.37. The van der Waals surface area contributed by atoms with E-state index in [4.69, 9.17) is 11.2 Å². The van der Waals surface area contributed by atoms with Crippen molar-refractivity contribution in [1.29, 1.82) is 0 Å². The third-order valence-electron chi connectivity index (χ3n) is 1.70. The van der Waals surface area contributed by atoms with E-state index in [2.05, 4.69) is 12.8 Å². The van der Waals surface area contributed by atoms with Gasteiger partial charge in [0.25, 0.3) is 0 Å². The molecule has 0 saturated heterocycles. The lowest BCUT2D eigenvalue weighted by atomic mass is 10.2. The molecule has 1 aromatic rings. The molecule has 0 heterocycles. The SMILES string of the molecule is C#C/C(=C\c1ccccc1)OCCC. The first-order chi connectivity index (χ1) is 6.86. The van der Waals surface area contributed by atoms with Crippen molar-refractivity contribution < 1.29 is 4.74 Å². The van der Waals surface area contributed by atoms with E-state index < -0.39 is 0 Å². The number of rotatable bonds is 4. The van der Waals surface area contributed by atoms with Gasteiger partial charge < -0.3 is 4.74 Å². The molecule has 0 radical (unpaired) electrons. The first kappa shape index (κ1) is 10.4. The number of benzene rings is 1. The third-order valence-corrected chi connectivity index (χ3v) is 1.70. The lowest BCUT2D eigenvalue weighted by Crippen LogP contribution is -1.91. The lowest BCUT2D eigenvalue weighted by molar-refractivity contribution is 0.231. The predicted molar refractivity (Wildman–Crippen MR) is 59.5 cm³/mol. The van der Waals surface area contributed by atoms with E-state index in [-0.39, 0.29) is 0 Å². The van der Waals surface area contributed by atoms with E-state index in [0.717, 1.165) is 12.0 Å². The van der Waals surface area contributed by atoms with Gasteiger partial charge in [0.05, 0.1) is 6.61 Å². The largest absolute Gasteiger partial charge is 0.485 e. The van der Waals surface area contributed by atoms with Crippen molar-refractivity contribution in [2.45, 2.75) is 13.3 Å². The summed E-state index contributed by atoms with van der Waals surface area (Å²) in [6.45, 7) is 2.72. The molecule has 0 spiro atoms. The third kappa shape index (κ3) is 3.37. The molecule has 0 amide bonds. The van der Waals surface area contributed by atoms with Gasteiger partial charge in [0.2, 0.25) is 0 Å². The monoisotopic (exact) mass is 186 g/mol. The molecule has 0 atom stereocenters. The van der Waals surface area contributed by atoms with Gasteiger partial charge in [0.1, 0.15) is 0 Å². The molecular formula is C13H14O. The van der Waals surface area contributed by atoms with Crippen LogP contribution >= 0.6 is 0 Å². The Morgan fingerprint density at radius 1 is 1.43 bits per heavy atom. The Hall–Kier alpha value is -1.68. The summed E-state index contributed by atoms with van der Waals surface area (Å²) < 4.78 is 5.37. The van der Waals surface area contributed by atoms with Crippen LogP contribution in [0.4, 0.5) is 0 Å². The van der Waals surface area contributed by atoms with Crippen LogP contribution in [-0.2, 0) is 4.74 Å². The van der Waals surface area contributed by atoms with E-state index in [1.165, 1.54) is 0 Å². The van der Waals surface area contributed by atoms with Crippen molar-refractivity contribution in [2.75, 3.05) is 6.61 Å². The van der Waals surface area contributed by atoms with Gasteiger partial charge in [-0.1, -0.05) is 37.3 Å². The fourth-order valence-corrected chi connectivity index (χ4v) is 1.04. The molecule has 0 aliphatic carbocycles. The maximum absolute atomic E-state index is 5.37. The first-order valence-electron chi connectivity index (χ1n) is 4.73. The molecule has 0 bridgehead atoms. The minimum atomic E-state index is 0.595. The van der Waals surface area contributed by atoms with Gasteiger partial charge in [-0.15, -0.1) is 6.42 Å². The van der Waals surface area contributed by atoms with Gasteiger partial charge >= 0.3 is 0 Å². The Bertz CT molecular complexity index is 330. The maximum Gasteiger partial charge on any atom is 0.170 e. The predicted octanol–water partition coefficient (Wildman–Crippen LogP) is 3.09. The molecule has 1 heteroatoms. The van der Waals surface area contributed by atoms with Crippen LogP contribution < -0.4 is 0 Å². The van der Waals surface area contributed by atoms with Crippen molar-refractivity contribution in [3.05, 3.63) is 41.7 Å². The van der Waals surface area contributed by atoms with Crippen LogP contribution in [0.15, 0.2) is 36.1 Å². The summed E-state index contributed by atoms with van der Waals surface area (Å²) in [4.78, 5) is 0. The van der Waals surface area contributed by atoms with E-state index >= 15 is 0 Å². The minimum Gasteiger partial charge on any atom is -0.485 e. The standard InChI is InChI=1S/C13H14O/c1-3-10-14-13(4-2)11-12-8-6-5-7-9-12/h2,5-9,11H,3,10H2,1H3/b13-11+. The Balaban J connectivity index is 2.70. The van der Waals surface area contributed by atoms with Crippen LogP contribution in [0.1, 0.15) is 18.9 Å². The minimum absolute atomic E-state index is 0.595. The normalized spacial score (nSPS) is 10.7. The Morgan fingerprint density at radius 3 is 2.71 bits per heavy atom. The topological polar surface area (TPSA) is 9.23 Å². The average Bonchev–Trinajstić information content (AvgIpc) is 2.25. The molecule has 0 unspecified atom stereocenters. The highest BCUT2D eigenvalue weighted by Gasteiger charge is 1.93. The first-order valence-corrected chi connectivity index (χ1v) is 4.73. The van der Waals surface area contributed by atoms with E-state index in [9.17, 15) is 0 Å². The molecule has 0 fully saturated rings. The second kappa shape index (κ2) is 5.88. The summed E-state index contributed by atoms with van der Waals surface area (Å²) >= 11 is 0. The van der Waals surface area contributed by atoms with Crippen molar-refractivity contribution in [1.82, 2.24) is 0 Å². The van der Waals surface area contributed by atoms with Crippen LogP contribution in [0.2, 0.25) is 0 Å². The molecule has 14 heavy (non-hydrogen) atoms. The Labute approximate surface area is 85.4 Å². The van der Waals surface area contributed by atoms with Crippen LogP contribution in [0.25, 0.3) is 6.08 Å². The summed E-state index contributed by atoms with van der Waals surface area (Å²) in [6.07, 6.45) is 8.15. The van der Waals surface area contributed by atoms with Crippen LogP contribution in [-0.4, -0.2) is 6.61 Å². The van der Waals surface area contributed by atoms with E-state index in [1.807, 2.05) is 36.4 Å². The molecule has 1 aromatic carbocycles. The molecule has 1 nitrogen and oxygen atoms in total. The summed E-state index contributed by atoms with van der Waals surface area (Å²) in [6, 6.07) is 9.90. The highest BCUT2D eigenvalue weighted by atomic mass is 16.5. The number of ether oxygens (including phenoxy) is 1. The highest BCUT2D eigenvalue weighted by molar-refractivity contribution is 5.55. The van der Waals surface area contributed by atoms with E-state index in [0.29, 0.717) is 12.4 Å². The smallest absolute Gasteiger partial charge is 0.170 e. The van der Waals surface area contributed by atoms with Crippen molar-refractivity contribution in [3.8, 4) is 12.3 Å². The summed E-state index contributed by atoms with van der Waals surface area (Å²) in [5.41, 5.74) is 1.07. The number of hydrogen-bond donors (Lipinski definition) is 0. The van der Waals surface area contributed by atoms with Crippen LogP contribution in [0.3, 0.4) is 0 Å². The molecule has 1 rings (SSSR count). The van der Waals surface area contributed by atoms with Crippen molar-refractivity contribution in [3.63, 3.8) is 0 Å². The van der Waals surface area contributed by atoms with Gasteiger partial charge in [0.15, 0.2) is 5.76 Å². The fraction of sp³-hybridized carbons (Fsp3) is 0.231. The maximum atomic E-state index is 5.37. The quantitative estimate of drug-likeness (QED) is 0.518. The van der Waals surface area contributed by atoms with Crippen LogP contribution in [0.5, 0.6) is 0 Å². The molecule has 0 aliphatic heterocycles. The lowest BCUT2D eigenvalue weighted by Gasteiger charge is -2.02. The zero-order valence-corrected chi connectivity index (χ0v) is 8.36. The summed E-state index contributed by atoms with van der Waals surface area (Å²) in [5.74, 6) is 3.12. The van der Waals surface area contributed by atoms with Crippen molar-refractivity contribution >= 4 is 6.08 Å². The second-order valence-corrected chi connectivity index (χ2v) is 2.91. The number of terminal acetylenes is 1. The summed E-state index contributed by atoms with van der Waals surface area (Å²) in [7, 11) is 0. The Morgan fingerprint density at radius 2 is 2.14 bits per heavy atom. The molecule has 72 valence electrons. The van der Waals surface area contributed by atoms with E-state index in [1.54, 1.807) is 0 Å². The molecule has 0 aliphatic rings. The van der Waals surface area contributed by atoms with Crippen molar-refractivity contribution in [2.24, 2.45) is 0 Å². The zero-order chi connectivity index (χ0) is 10.2. The molecule has 0 saturated carbocycles. The molecule has 0 N–H and O–H groups in total. The van der Waals surface area contributed by atoms with Gasteiger partial charge in [-0.05, 0) is 24.0 Å². The summed E-state index contributed by atoms with van der Waals surface area (Å²) in [5, 5.41) is 0. The highest BCUT2D eigenvalue weighted by Crippen LogP contribution is 2.07. The van der Waals surface area contributed by atoms with Gasteiger partial charge in [0, 0.05) is 0 Å². The number of hydrogen-bond acceptors (Lipinski definition) is 1. The fourth-order valence-electron chi connectivity index (χ4n) is 1.04. The van der Waals surface area contributed by atoms with Gasteiger partial charge in [-0.25, -0.2) is 0 Å². The molecular weight excluding hydrogens is 172 g/mol. The molecule has 0 aromatic heterocycles. The van der Waals surface area contributed by atoms with Gasteiger partial charge in [-0.3, -0.25) is 0 Å². The average molecular weight is 186 g/mol. The second-order valence-electron chi connectivity index (χ2n) is 2.91. The number of allylic oxidation sites excluding steroid dienone is 1.